The summed E-state index contributed by atoms with van der Waals surface area (Å²) < 4.78 is 18.4. The van der Waals surface area contributed by atoms with E-state index < -0.39 is 5.82 Å². The van der Waals surface area contributed by atoms with Gasteiger partial charge in [-0.3, -0.25) is 0 Å². The van der Waals surface area contributed by atoms with Crippen LogP contribution in [-0.4, -0.2) is 10.1 Å². The standard InChI is InChI=1S/C13H11ClFNO2/c1-8-2-3-12(11(14)4-8)18-13-9(7-17)5-10(15)6-16-13/h2-6,17H,7H2,1H3. The van der Waals surface area contributed by atoms with Crippen molar-refractivity contribution in [3.8, 4) is 11.6 Å². The lowest BCUT2D eigenvalue weighted by molar-refractivity contribution is 0.274. The molecule has 0 unspecified atom stereocenters. The number of aliphatic hydroxyl groups excluding tert-OH is 1. The topological polar surface area (TPSA) is 42.4 Å². The minimum Gasteiger partial charge on any atom is -0.437 e. The van der Waals surface area contributed by atoms with Crippen LogP contribution in [0, 0.1) is 12.7 Å². The lowest BCUT2D eigenvalue weighted by Crippen LogP contribution is -1.96. The zero-order valence-electron chi connectivity index (χ0n) is 9.65. The summed E-state index contributed by atoms with van der Waals surface area (Å²) >= 11 is 6.02. The van der Waals surface area contributed by atoms with Crippen molar-refractivity contribution in [2.75, 3.05) is 0 Å². The maximum Gasteiger partial charge on any atom is 0.225 e. The summed E-state index contributed by atoms with van der Waals surface area (Å²) in [6.45, 7) is 1.55. The van der Waals surface area contributed by atoms with Gasteiger partial charge in [-0.1, -0.05) is 17.7 Å². The minimum atomic E-state index is -0.526. The predicted octanol–water partition coefficient (Wildman–Crippen LogP) is 3.47. The second-order valence-electron chi connectivity index (χ2n) is 3.81. The molecule has 0 aliphatic carbocycles. The van der Waals surface area contributed by atoms with Gasteiger partial charge >= 0.3 is 0 Å². The van der Waals surface area contributed by atoms with E-state index in [0.29, 0.717) is 10.8 Å². The number of aromatic nitrogens is 1. The fourth-order valence-electron chi connectivity index (χ4n) is 1.47. The molecule has 94 valence electrons. The van der Waals surface area contributed by atoms with Crippen LogP contribution in [0.5, 0.6) is 11.6 Å². The Balaban J connectivity index is 2.33. The third-order valence-electron chi connectivity index (χ3n) is 2.36. The maximum atomic E-state index is 12.9. The minimum absolute atomic E-state index is 0.143. The Morgan fingerprint density at radius 1 is 1.39 bits per heavy atom. The fourth-order valence-corrected chi connectivity index (χ4v) is 1.74. The van der Waals surface area contributed by atoms with Crippen LogP contribution >= 0.6 is 11.6 Å². The lowest BCUT2D eigenvalue weighted by Gasteiger charge is -2.10. The van der Waals surface area contributed by atoms with Gasteiger partial charge < -0.3 is 9.84 Å². The van der Waals surface area contributed by atoms with E-state index in [0.717, 1.165) is 11.8 Å². The summed E-state index contributed by atoms with van der Waals surface area (Å²) in [7, 11) is 0. The van der Waals surface area contributed by atoms with Crippen molar-refractivity contribution in [3.05, 3.63) is 52.4 Å². The van der Waals surface area contributed by atoms with Gasteiger partial charge in [-0.05, 0) is 30.7 Å². The largest absolute Gasteiger partial charge is 0.437 e. The molecule has 1 heterocycles. The lowest BCUT2D eigenvalue weighted by atomic mass is 10.2. The van der Waals surface area contributed by atoms with Crippen molar-refractivity contribution in [2.24, 2.45) is 0 Å². The SMILES string of the molecule is Cc1ccc(Oc2ncc(F)cc2CO)c(Cl)c1. The van der Waals surface area contributed by atoms with Crippen molar-refractivity contribution < 1.29 is 14.2 Å². The number of hydrogen-bond acceptors (Lipinski definition) is 3. The summed E-state index contributed by atoms with van der Waals surface area (Å²) in [5.74, 6) is 0.0298. The highest BCUT2D eigenvalue weighted by Gasteiger charge is 2.10. The first-order valence-corrected chi connectivity index (χ1v) is 5.67. The number of nitrogens with zero attached hydrogens (tertiary/aromatic N) is 1. The molecule has 0 saturated heterocycles. The zero-order chi connectivity index (χ0) is 13.1. The molecule has 1 aromatic carbocycles. The number of rotatable bonds is 3. The molecular formula is C13H11ClFNO2. The summed E-state index contributed by atoms with van der Waals surface area (Å²) in [6, 6.07) is 6.46. The van der Waals surface area contributed by atoms with E-state index >= 15 is 0 Å². The number of benzene rings is 1. The third-order valence-corrected chi connectivity index (χ3v) is 2.65. The number of ether oxygens (including phenoxy) is 1. The molecule has 2 aromatic rings. The van der Waals surface area contributed by atoms with Gasteiger partial charge in [-0.15, -0.1) is 0 Å². The van der Waals surface area contributed by atoms with Gasteiger partial charge in [0.05, 0.1) is 17.8 Å². The smallest absolute Gasteiger partial charge is 0.225 e. The Morgan fingerprint density at radius 2 is 2.17 bits per heavy atom. The zero-order valence-corrected chi connectivity index (χ0v) is 10.4. The summed E-state index contributed by atoms with van der Waals surface area (Å²) in [6.07, 6.45) is 1.02. The van der Waals surface area contributed by atoms with E-state index in [1.165, 1.54) is 6.07 Å². The molecule has 0 amide bonds. The molecule has 0 aliphatic rings. The molecule has 0 radical (unpaired) electrons. The Bertz CT molecular complexity index is 575. The van der Waals surface area contributed by atoms with Crippen LogP contribution in [0.2, 0.25) is 5.02 Å². The van der Waals surface area contributed by atoms with Crippen molar-refractivity contribution in [3.63, 3.8) is 0 Å². The molecule has 0 spiro atoms. The van der Waals surface area contributed by atoms with E-state index in [1.807, 2.05) is 13.0 Å². The number of halogens is 2. The molecule has 18 heavy (non-hydrogen) atoms. The van der Waals surface area contributed by atoms with Crippen LogP contribution in [-0.2, 0) is 6.61 Å². The second-order valence-corrected chi connectivity index (χ2v) is 4.22. The van der Waals surface area contributed by atoms with Crippen molar-refractivity contribution in [1.29, 1.82) is 0 Å². The average Bonchev–Trinajstić information content (AvgIpc) is 2.34. The van der Waals surface area contributed by atoms with Gasteiger partial charge in [0.25, 0.3) is 0 Å². The van der Waals surface area contributed by atoms with E-state index in [2.05, 4.69) is 4.98 Å². The maximum absolute atomic E-state index is 12.9. The first-order chi connectivity index (χ1) is 8.60. The molecule has 0 saturated carbocycles. The van der Waals surface area contributed by atoms with Gasteiger partial charge in [-0.25, -0.2) is 9.37 Å². The van der Waals surface area contributed by atoms with Gasteiger partial charge in [0.2, 0.25) is 5.88 Å². The van der Waals surface area contributed by atoms with E-state index in [1.54, 1.807) is 12.1 Å². The average molecular weight is 268 g/mol. The Hall–Kier alpha value is -1.65. The third kappa shape index (κ3) is 2.78. The molecule has 0 fully saturated rings. The highest BCUT2D eigenvalue weighted by atomic mass is 35.5. The van der Waals surface area contributed by atoms with Crippen LogP contribution in [0.3, 0.4) is 0 Å². The first kappa shape index (κ1) is 12.8. The molecule has 1 aromatic heterocycles. The van der Waals surface area contributed by atoms with Gasteiger partial charge in [0.15, 0.2) is 0 Å². The van der Waals surface area contributed by atoms with Crippen LogP contribution in [0.1, 0.15) is 11.1 Å². The van der Waals surface area contributed by atoms with E-state index in [4.69, 9.17) is 21.4 Å². The highest BCUT2D eigenvalue weighted by Crippen LogP contribution is 2.30. The normalized spacial score (nSPS) is 10.4. The molecular weight excluding hydrogens is 257 g/mol. The van der Waals surface area contributed by atoms with Gasteiger partial charge in [-0.2, -0.15) is 0 Å². The molecule has 5 heteroatoms. The Morgan fingerprint density at radius 3 is 2.83 bits per heavy atom. The number of hydrogen-bond donors (Lipinski definition) is 1. The number of aliphatic hydroxyl groups is 1. The van der Waals surface area contributed by atoms with E-state index in [9.17, 15) is 4.39 Å². The molecule has 2 rings (SSSR count). The van der Waals surface area contributed by atoms with Crippen molar-refractivity contribution >= 4 is 11.6 Å². The van der Waals surface area contributed by atoms with Crippen molar-refractivity contribution in [1.82, 2.24) is 4.98 Å². The molecule has 0 atom stereocenters. The van der Waals surface area contributed by atoms with Crippen LogP contribution in [0.25, 0.3) is 0 Å². The summed E-state index contributed by atoms with van der Waals surface area (Å²) in [5, 5.41) is 9.55. The molecule has 0 bridgehead atoms. The second kappa shape index (κ2) is 5.33. The van der Waals surface area contributed by atoms with Gasteiger partial charge in [0.1, 0.15) is 11.6 Å². The predicted molar refractivity (Wildman–Crippen MR) is 66.4 cm³/mol. The van der Waals surface area contributed by atoms with Gasteiger partial charge in [0, 0.05) is 5.56 Å². The highest BCUT2D eigenvalue weighted by molar-refractivity contribution is 6.32. The summed E-state index contributed by atoms with van der Waals surface area (Å²) in [5.41, 5.74) is 1.27. The molecule has 1 N–H and O–H groups in total. The van der Waals surface area contributed by atoms with Crippen molar-refractivity contribution in [2.45, 2.75) is 13.5 Å². The molecule has 0 aliphatic heterocycles. The Kier molecular flexibility index (Phi) is 3.79. The first-order valence-electron chi connectivity index (χ1n) is 5.29. The summed E-state index contributed by atoms with van der Waals surface area (Å²) in [4.78, 5) is 3.79. The quantitative estimate of drug-likeness (QED) is 0.926. The number of pyridine rings is 1. The van der Waals surface area contributed by atoms with Crippen LogP contribution < -0.4 is 4.74 Å². The Labute approximate surface area is 109 Å². The van der Waals surface area contributed by atoms with E-state index in [-0.39, 0.29) is 18.1 Å². The van der Waals surface area contributed by atoms with Crippen LogP contribution in [0.4, 0.5) is 4.39 Å². The van der Waals surface area contributed by atoms with Crippen LogP contribution in [0.15, 0.2) is 30.5 Å². The molecule has 3 nitrogen and oxygen atoms in total. The fraction of sp³-hybridized carbons (Fsp3) is 0.154. The number of aryl methyl sites for hydroxylation is 1. The monoisotopic (exact) mass is 267 g/mol.